The number of ether oxygens (including phenoxy) is 1. The molecule has 0 radical (unpaired) electrons. The summed E-state index contributed by atoms with van der Waals surface area (Å²) in [6, 6.07) is -0.747. The maximum absolute atomic E-state index is 13.2. The first-order valence-corrected chi connectivity index (χ1v) is 26.9. The van der Waals surface area contributed by atoms with Crippen LogP contribution in [-0.2, 0) is 14.3 Å². The minimum atomic E-state index is -0.824. The van der Waals surface area contributed by atoms with E-state index in [1.807, 2.05) is 54.7 Å². The zero-order valence-electron chi connectivity index (χ0n) is 41.9. The molecule has 0 bridgehead atoms. The number of esters is 1. The van der Waals surface area contributed by atoms with Crippen LogP contribution in [-0.4, -0.2) is 46.9 Å². The van der Waals surface area contributed by atoms with E-state index in [0.717, 1.165) is 64.2 Å². The quantitative estimate of drug-likeness (QED) is 0.0321. The minimum Gasteiger partial charge on any atom is -0.461 e. The van der Waals surface area contributed by atoms with Gasteiger partial charge in [-0.2, -0.15) is 0 Å². The monoisotopic (exact) mass is 892 g/mol. The molecule has 3 N–H and O–H groups in total. The number of aliphatic hydroxyl groups is 2. The second-order valence-electron chi connectivity index (χ2n) is 18.1. The molecule has 0 aliphatic rings. The average Bonchev–Trinajstić information content (AvgIpc) is 3.29. The van der Waals surface area contributed by atoms with E-state index in [-0.39, 0.29) is 24.9 Å². The average molecular weight is 892 g/mol. The van der Waals surface area contributed by atoms with Crippen molar-refractivity contribution in [3.63, 3.8) is 0 Å². The molecule has 0 aromatic rings. The van der Waals surface area contributed by atoms with Gasteiger partial charge in [-0.1, -0.05) is 266 Å². The van der Waals surface area contributed by atoms with Gasteiger partial charge in [-0.3, -0.25) is 9.59 Å². The molecule has 1 amide bonds. The van der Waals surface area contributed by atoms with Crippen molar-refractivity contribution in [2.24, 2.45) is 0 Å². The largest absolute Gasteiger partial charge is 0.461 e. The predicted molar refractivity (Wildman–Crippen MR) is 278 cm³/mol. The summed E-state index contributed by atoms with van der Waals surface area (Å²) < 4.78 is 5.84. The van der Waals surface area contributed by atoms with Crippen LogP contribution in [0.3, 0.4) is 0 Å². The summed E-state index contributed by atoms with van der Waals surface area (Å²) in [5.41, 5.74) is 0. The molecule has 0 aromatic heterocycles. The standard InChI is InChI=1S/C58H101NO5/c1-4-7-10-13-16-19-22-24-26-28-29-31-33-36-39-42-45-48-51-58(63)64-54(49-46-43-40-37-34-21-18-15-12-9-6-3)52-57(62)59-55(53-60)56(61)50-47-44-41-38-35-32-30-27-25-23-20-17-14-11-8-5-2/h9,12,15,18,21,26,28-29,31,34,37,40,43,46,54-56,60-61H,4-8,10-11,13-14,16-17,19-20,22-25,27,30,32-33,35-36,38-39,41-42,44-45,47-53H2,1-3H3,(H,59,62)/b12-9+,18-15+,28-26+,31-29+,34-21-,40-37-,46-43+. The Labute approximate surface area is 395 Å². The number of amides is 1. The van der Waals surface area contributed by atoms with Crippen molar-refractivity contribution in [2.45, 2.75) is 264 Å². The first-order chi connectivity index (χ1) is 31.5. The van der Waals surface area contributed by atoms with Crippen molar-refractivity contribution in [3.8, 4) is 0 Å². The van der Waals surface area contributed by atoms with Gasteiger partial charge in [0.2, 0.25) is 5.91 Å². The lowest BCUT2D eigenvalue weighted by atomic mass is 10.0. The molecule has 0 saturated carbocycles. The molecule has 0 rings (SSSR count). The number of hydrogen-bond acceptors (Lipinski definition) is 5. The molecule has 0 aliphatic carbocycles. The lowest BCUT2D eigenvalue weighted by molar-refractivity contribution is -0.150. The highest BCUT2D eigenvalue weighted by molar-refractivity contribution is 5.77. The fourth-order valence-corrected chi connectivity index (χ4v) is 7.80. The number of carbonyl (C=O) groups is 2. The molecule has 0 aliphatic heterocycles. The van der Waals surface area contributed by atoms with E-state index in [9.17, 15) is 19.8 Å². The molecular weight excluding hydrogens is 791 g/mol. The maximum atomic E-state index is 13.2. The zero-order chi connectivity index (χ0) is 46.7. The SMILES string of the molecule is CC/C=C/C=C/C=C\C=C/C=C/CC(CC(=O)NC(CO)C(O)CCCCCCCCCCCCCCCCCC)OC(=O)CCCCCCC/C=C/C=C/CCCCCCCCC. The van der Waals surface area contributed by atoms with Crippen molar-refractivity contribution >= 4 is 11.9 Å². The number of nitrogens with one attached hydrogen (secondary N) is 1. The molecular formula is C58H101NO5. The number of aliphatic hydroxyl groups excluding tert-OH is 2. The van der Waals surface area contributed by atoms with Gasteiger partial charge >= 0.3 is 5.97 Å². The molecule has 0 spiro atoms. The van der Waals surface area contributed by atoms with Crippen LogP contribution in [0, 0.1) is 0 Å². The van der Waals surface area contributed by atoms with Gasteiger partial charge in [0.05, 0.1) is 25.2 Å². The summed E-state index contributed by atoms with van der Waals surface area (Å²) in [6.45, 7) is 6.30. The summed E-state index contributed by atoms with van der Waals surface area (Å²) >= 11 is 0. The second kappa shape index (κ2) is 51.0. The third-order valence-corrected chi connectivity index (χ3v) is 11.9. The smallest absolute Gasteiger partial charge is 0.306 e. The summed E-state index contributed by atoms with van der Waals surface area (Å²) in [5.74, 6) is -0.626. The normalized spacial score (nSPS) is 13.9. The molecule has 0 saturated heterocycles. The van der Waals surface area contributed by atoms with E-state index in [4.69, 9.17) is 4.74 Å². The highest BCUT2D eigenvalue weighted by atomic mass is 16.5. The highest BCUT2D eigenvalue weighted by Crippen LogP contribution is 2.17. The summed E-state index contributed by atoms with van der Waals surface area (Å²) in [6.07, 6.45) is 66.7. The molecule has 3 unspecified atom stereocenters. The van der Waals surface area contributed by atoms with E-state index in [0.29, 0.717) is 19.3 Å². The van der Waals surface area contributed by atoms with Crippen molar-refractivity contribution in [1.29, 1.82) is 0 Å². The fraction of sp³-hybridized carbons (Fsp3) is 0.724. The first kappa shape index (κ1) is 61.0. The Hall–Kier alpha value is -2.96. The Balaban J connectivity index is 4.61. The second-order valence-corrected chi connectivity index (χ2v) is 18.1. The molecule has 0 aromatic carbocycles. The van der Waals surface area contributed by atoms with Crippen molar-refractivity contribution in [3.05, 3.63) is 85.1 Å². The molecule has 6 heteroatoms. The predicted octanol–water partition coefficient (Wildman–Crippen LogP) is 16.3. The van der Waals surface area contributed by atoms with E-state index < -0.39 is 18.2 Å². The fourth-order valence-electron chi connectivity index (χ4n) is 7.80. The van der Waals surface area contributed by atoms with Crippen LogP contribution in [0.4, 0.5) is 0 Å². The Kier molecular flexibility index (Phi) is 48.7. The number of hydrogen-bond donors (Lipinski definition) is 3. The van der Waals surface area contributed by atoms with Gasteiger partial charge in [-0.25, -0.2) is 0 Å². The molecule has 0 heterocycles. The summed E-state index contributed by atoms with van der Waals surface area (Å²) in [4.78, 5) is 26.1. The zero-order valence-corrected chi connectivity index (χ0v) is 41.9. The van der Waals surface area contributed by atoms with E-state index in [1.165, 1.54) is 135 Å². The van der Waals surface area contributed by atoms with E-state index in [2.05, 4.69) is 56.5 Å². The third kappa shape index (κ3) is 45.6. The maximum Gasteiger partial charge on any atom is 0.306 e. The van der Waals surface area contributed by atoms with Crippen molar-refractivity contribution in [2.75, 3.05) is 6.61 Å². The van der Waals surface area contributed by atoms with Crippen LogP contribution in [0.25, 0.3) is 0 Å². The van der Waals surface area contributed by atoms with Crippen LogP contribution in [0.5, 0.6) is 0 Å². The van der Waals surface area contributed by atoms with Gasteiger partial charge in [-0.05, 0) is 44.9 Å². The van der Waals surface area contributed by atoms with Crippen LogP contribution in [0.15, 0.2) is 85.1 Å². The summed E-state index contributed by atoms with van der Waals surface area (Å²) in [7, 11) is 0. The molecule has 368 valence electrons. The van der Waals surface area contributed by atoms with Crippen LogP contribution < -0.4 is 5.32 Å². The summed E-state index contributed by atoms with van der Waals surface area (Å²) in [5, 5.41) is 23.7. The lowest BCUT2D eigenvalue weighted by Crippen LogP contribution is -2.46. The van der Waals surface area contributed by atoms with Crippen molar-refractivity contribution < 1.29 is 24.5 Å². The van der Waals surface area contributed by atoms with Crippen molar-refractivity contribution in [1.82, 2.24) is 5.32 Å². The third-order valence-electron chi connectivity index (χ3n) is 11.9. The molecule has 64 heavy (non-hydrogen) atoms. The Morgan fingerprint density at radius 2 is 0.875 bits per heavy atom. The number of rotatable bonds is 47. The van der Waals surface area contributed by atoms with Gasteiger partial charge in [0.25, 0.3) is 0 Å². The number of carbonyl (C=O) groups excluding carboxylic acids is 2. The Bertz CT molecular complexity index is 1230. The van der Waals surface area contributed by atoms with Crippen LogP contribution >= 0.6 is 0 Å². The van der Waals surface area contributed by atoms with Gasteiger partial charge < -0.3 is 20.3 Å². The molecule has 0 fully saturated rings. The molecule has 3 atom stereocenters. The van der Waals surface area contributed by atoms with Crippen LogP contribution in [0.2, 0.25) is 0 Å². The van der Waals surface area contributed by atoms with E-state index >= 15 is 0 Å². The Morgan fingerprint density at radius 3 is 1.33 bits per heavy atom. The van der Waals surface area contributed by atoms with Gasteiger partial charge in [0.15, 0.2) is 0 Å². The molecule has 6 nitrogen and oxygen atoms in total. The topological polar surface area (TPSA) is 95.9 Å². The Morgan fingerprint density at radius 1 is 0.484 bits per heavy atom. The van der Waals surface area contributed by atoms with Crippen LogP contribution in [0.1, 0.15) is 245 Å². The first-order valence-electron chi connectivity index (χ1n) is 26.9. The lowest BCUT2D eigenvalue weighted by Gasteiger charge is -2.24. The van der Waals surface area contributed by atoms with E-state index in [1.54, 1.807) is 0 Å². The van der Waals surface area contributed by atoms with Gasteiger partial charge in [0.1, 0.15) is 6.10 Å². The number of allylic oxidation sites excluding steroid dienone is 13. The van der Waals surface area contributed by atoms with Gasteiger partial charge in [-0.15, -0.1) is 0 Å². The van der Waals surface area contributed by atoms with Gasteiger partial charge in [0, 0.05) is 12.8 Å². The number of unbranched alkanes of at least 4 members (excludes halogenated alkanes) is 27. The highest BCUT2D eigenvalue weighted by Gasteiger charge is 2.23. The minimum absolute atomic E-state index is 0.0279.